The second-order valence-corrected chi connectivity index (χ2v) is 6.78. The molecule has 0 spiro atoms. The summed E-state index contributed by atoms with van der Waals surface area (Å²) in [5.41, 5.74) is 4.83. The number of unbranched alkanes of at least 4 members (excludes halogenated alkanes) is 6. The molecule has 4 heteroatoms. The van der Waals surface area contributed by atoms with Crippen molar-refractivity contribution >= 4 is 0 Å². The van der Waals surface area contributed by atoms with E-state index in [9.17, 15) is 0 Å². The molecule has 4 nitrogen and oxygen atoms in total. The smallest absolute Gasteiger partial charge is 0.0596 e. The first-order valence-corrected chi connectivity index (χ1v) is 9.08. The lowest BCUT2D eigenvalue weighted by Crippen LogP contribution is -2.03. The summed E-state index contributed by atoms with van der Waals surface area (Å²) >= 11 is 0. The molecule has 0 saturated carbocycles. The zero-order valence-electron chi connectivity index (χ0n) is 15.3. The van der Waals surface area contributed by atoms with Gasteiger partial charge in [-0.25, -0.2) is 0 Å². The lowest BCUT2D eigenvalue weighted by Gasteiger charge is -2.06. The molecule has 0 unspecified atom stereocenters. The minimum absolute atomic E-state index is 1.07. The fraction of sp³-hybridized carbons (Fsp3) is 0.684. The van der Waals surface area contributed by atoms with Gasteiger partial charge in [-0.1, -0.05) is 32.1 Å². The Hall–Kier alpha value is -1.58. The number of hydrogen-bond acceptors (Lipinski definition) is 2. The Kier molecular flexibility index (Phi) is 6.87. The molecule has 0 aliphatic rings. The van der Waals surface area contributed by atoms with Crippen molar-refractivity contribution in [3.63, 3.8) is 0 Å². The summed E-state index contributed by atoms with van der Waals surface area (Å²) in [4.78, 5) is 0. The van der Waals surface area contributed by atoms with E-state index in [0.717, 1.165) is 24.5 Å². The van der Waals surface area contributed by atoms with Crippen LogP contribution in [0.3, 0.4) is 0 Å². The van der Waals surface area contributed by atoms with Crippen molar-refractivity contribution in [3.8, 4) is 0 Å². The molecular weight excluding hydrogens is 284 g/mol. The highest BCUT2D eigenvalue weighted by Crippen LogP contribution is 2.11. The number of rotatable bonds is 10. The van der Waals surface area contributed by atoms with Crippen LogP contribution in [0.5, 0.6) is 0 Å². The Balaban J connectivity index is 1.47. The van der Waals surface area contributed by atoms with Crippen LogP contribution >= 0.6 is 0 Å². The van der Waals surface area contributed by atoms with Gasteiger partial charge in [-0.3, -0.25) is 9.36 Å². The van der Waals surface area contributed by atoms with Gasteiger partial charge in [0.2, 0.25) is 0 Å². The molecule has 0 aliphatic heterocycles. The van der Waals surface area contributed by atoms with Gasteiger partial charge in [0, 0.05) is 24.5 Å². The number of hydrogen-bond donors (Lipinski definition) is 0. The normalized spacial score (nSPS) is 11.3. The predicted molar refractivity (Wildman–Crippen MR) is 95.7 cm³/mol. The zero-order chi connectivity index (χ0) is 16.7. The standard InChI is InChI=1S/C19H32N4/c1-16-14-18(3)22(20-16)12-10-8-6-5-7-9-11-13-23-19(4)15-17(2)21-23/h14-15H,5-13H2,1-4H3. The lowest BCUT2D eigenvalue weighted by molar-refractivity contribution is 0.495. The largest absolute Gasteiger partial charge is 0.270 e. The highest BCUT2D eigenvalue weighted by Gasteiger charge is 2.01. The van der Waals surface area contributed by atoms with Crippen molar-refractivity contribution in [1.82, 2.24) is 19.6 Å². The van der Waals surface area contributed by atoms with E-state index in [1.54, 1.807) is 0 Å². The third-order valence-electron chi connectivity index (χ3n) is 4.45. The van der Waals surface area contributed by atoms with Crippen LogP contribution in [0.25, 0.3) is 0 Å². The molecule has 2 rings (SSSR count). The minimum Gasteiger partial charge on any atom is -0.270 e. The Morgan fingerprint density at radius 3 is 1.26 bits per heavy atom. The third-order valence-corrected chi connectivity index (χ3v) is 4.45. The predicted octanol–water partition coefficient (Wildman–Crippen LogP) is 4.74. The topological polar surface area (TPSA) is 35.6 Å². The molecule has 0 atom stereocenters. The maximum absolute atomic E-state index is 4.51. The van der Waals surface area contributed by atoms with E-state index in [1.165, 1.54) is 56.3 Å². The molecule has 23 heavy (non-hydrogen) atoms. The van der Waals surface area contributed by atoms with Crippen molar-refractivity contribution in [2.45, 2.75) is 85.7 Å². The molecule has 0 fully saturated rings. The van der Waals surface area contributed by atoms with E-state index in [-0.39, 0.29) is 0 Å². The number of aryl methyl sites for hydroxylation is 6. The van der Waals surface area contributed by atoms with E-state index < -0.39 is 0 Å². The SMILES string of the molecule is Cc1cc(C)n(CCCCCCCCCn2nc(C)cc2C)n1. The minimum atomic E-state index is 1.07. The molecule has 2 aromatic rings. The summed E-state index contributed by atoms with van der Waals surface area (Å²) in [5, 5.41) is 9.03. The molecule has 0 aliphatic carbocycles. The Morgan fingerprint density at radius 1 is 0.609 bits per heavy atom. The zero-order valence-corrected chi connectivity index (χ0v) is 15.3. The molecule has 0 N–H and O–H groups in total. The van der Waals surface area contributed by atoms with E-state index in [0.29, 0.717) is 0 Å². The van der Waals surface area contributed by atoms with Gasteiger partial charge >= 0.3 is 0 Å². The van der Waals surface area contributed by atoms with Gasteiger partial charge < -0.3 is 0 Å². The fourth-order valence-corrected chi connectivity index (χ4v) is 3.21. The van der Waals surface area contributed by atoms with Crippen LogP contribution in [0.2, 0.25) is 0 Å². The highest BCUT2D eigenvalue weighted by molar-refractivity contribution is 5.06. The molecular formula is C19H32N4. The monoisotopic (exact) mass is 316 g/mol. The quantitative estimate of drug-likeness (QED) is 0.593. The van der Waals surface area contributed by atoms with Crippen molar-refractivity contribution in [3.05, 3.63) is 34.9 Å². The maximum atomic E-state index is 4.51. The first-order valence-electron chi connectivity index (χ1n) is 9.08. The molecule has 0 radical (unpaired) electrons. The summed E-state index contributed by atoms with van der Waals surface area (Å²) in [6.07, 6.45) is 9.17. The van der Waals surface area contributed by atoms with Gasteiger partial charge in [0.1, 0.15) is 0 Å². The molecule has 0 bridgehead atoms. The van der Waals surface area contributed by atoms with E-state index in [2.05, 4.69) is 59.4 Å². The van der Waals surface area contributed by atoms with Crippen LogP contribution in [0.4, 0.5) is 0 Å². The molecule has 0 aromatic carbocycles. The van der Waals surface area contributed by atoms with E-state index >= 15 is 0 Å². The van der Waals surface area contributed by atoms with Crippen LogP contribution in [-0.4, -0.2) is 19.6 Å². The molecule has 2 heterocycles. The van der Waals surface area contributed by atoms with Crippen molar-refractivity contribution in [1.29, 1.82) is 0 Å². The molecule has 2 aromatic heterocycles. The van der Waals surface area contributed by atoms with Crippen LogP contribution < -0.4 is 0 Å². The van der Waals surface area contributed by atoms with Crippen molar-refractivity contribution in [2.24, 2.45) is 0 Å². The second kappa shape index (κ2) is 8.90. The lowest BCUT2D eigenvalue weighted by atomic mass is 10.1. The van der Waals surface area contributed by atoms with E-state index in [4.69, 9.17) is 0 Å². The van der Waals surface area contributed by atoms with Crippen LogP contribution in [0, 0.1) is 27.7 Å². The summed E-state index contributed by atoms with van der Waals surface area (Å²) in [6, 6.07) is 4.31. The van der Waals surface area contributed by atoms with Crippen molar-refractivity contribution in [2.75, 3.05) is 0 Å². The van der Waals surface area contributed by atoms with Crippen molar-refractivity contribution < 1.29 is 0 Å². The summed E-state index contributed by atoms with van der Waals surface area (Å²) in [6.45, 7) is 10.5. The van der Waals surface area contributed by atoms with Gasteiger partial charge in [0.05, 0.1) is 11.4 Å². The Labute approximate surface area is 140 Å². The van der Waals surface area contributed by atoms with Gasteiger partial charge in [-0.05, 0) is 52.7 Å². The first kappa shape index (κ1) is 17.8. The van der Waals surface area contributed by atoms with Gasteiger partial charge in [-0.15, -0.1) is 0 Å². The molecule has 0 saturated heterocycles. The summed E-state index contributed by atoms with van der Waals surface area (Å²) in [7, 11) is 0. The average Bonchev–Trinajstić information content (AvgIpc) is 2.98. The van der Waals surface area contributed by atoms with Gasteiger partial charge in [-0.2, -0.15) is 10.2 Å². The van der Waals surface area contributed by atoms with Crippen LogP contribution in [0.15, 0.2) is 12.1 Å². The fourth-order valence-electron chi connectivity index (χ4n) is 3.21. The van der Waals surface area contributed by atoms with Gasteiger partial charge in [0.15, 0.2) is 0 Å². The third kappa shape index (κ3) is 5.85. The van der Waals surface area contributed by atoms with Crippen LogP contribution in [0.1, 0.15) is 67.7 Å². The Morgan fingerprint density at radius 2 is 0.957 bits per heavy atom. The average molecular weight is 316 g/mol. The van der Waals surface area contributed by atoms with Gasteiger partial charge in [0.25, 0.3) is 0 Å². The number of aromatic nitrogens is 4. The Bertz CT molecular complexity index is 542. The highest BCUT2D eigenvalue weighted by atomic mass is 15.3. The number of nitrogens with zero attached hydrogens (tertiary/aromatic N) is 4. The van der Waals surface area contributed by atoms with Crippen LogP contribution in [-0.2, 0) is 13.1 Å². The summed E-state index contributed by atoms with van der Waals surface area (Å²) < 4.78 is 4.29. The van der Waals surface area contributed by atoms with E-state index in [1.807, 2.05) is 0 Å². The molecule has 128 valence electrons. The molecule has 0 amide bonds. The summed E-state index contributed by atoms with van der Waals surface area (Å²) in [5.74, 6) is 0. The second-order valence-electron chi connectivity index (χ2n) is 6.78. The first-order chi connectivity index (χ1) is 11.1. The maximum Gasteiger partial charge on any atom is 0.0596 e.